The van der Waals surface area contributed by atoms with E-state index < -0.39 is 5.60 Å². The van der Waals surface area contributed by atoms with Gasteiger partial charge in [-0.05, 0) is 58.1 Å². The number of amides is 1. The fourth-order valence-electron chi connectivity index (χ4n) is 3.88. The number of nitrogens with zero attached hydrogens (tertiary/aromatic N) is 4. The molecule has 6 nitrogen and oxygen atoms in total. The fraction of sp³-hybridized carbons (Fsp3) is 0.526. The van der Waals surface area contributed by atoms with Crippen molar-refractivity contribution in [3.8, 4) is 0 Å². The van der Waals surface area contributed by atoms with Crippen molar-refractivity contribution in [3.05, 3.63) is 36.3 Å². The Balaban J connectivity index is 1.66. The number of fused-ring (bicyclic) bond motifs is 3. The average Bonchev–Trinajstić information content (AvgIpc) is 2.96. The van der Waals surface area contributed by atoms with Crippen LogP contribution in [0.5, 0.6) is 0 Å². The van der Waals surface area contributed by atoms with Gasteiger partial charge in [0.15, 0.2) is 5.65 Å². The van der Waals surface area contributed by atoms with Crippen molar-refractivity contribution in [2.45, 2.75) is 64.1 Å². The van der Waals surface area contributed by atoms with Crippen LogP contribution in [0.1, 0.15) is 52.0 Å². The van der Waals surface area contributed by atoms with Crippen LogP contribution in [-0.4, -0.2) is 43.3 Å². The Morgan fingerprint density at radius 3 is 2.92 bits per heavy atom. The van der Waals surface area contributed by atoms with E-state index in [1.807, 2.05) is 44.1 Å². The van der Waals surface area contributed by atoms with Gasteiger partial charge in [-0.1, -0.05) is 6.08 Å². The predicted molar refractivity (Wildman–Crippen MR) is 95.1 cm³/mol. The molecule has 2 unspecified atom stereocenters. The summed E-state index contributed by atoms with van der Waals surface area (Å²) in [6.45, 7) is 5.74. The molecule has 0 saturated carbocycles. The molecule has 4 heterocycles. The Bertz CT molecular complexity index is 833. The van der Waals surface area contributed by atoms with Crippen LogP contribution in [0.3, 0.4) is 0 Å². The number of carbonyl (C=O) groups is 1. The van der Waals surface area contributed by atoms with Gasteiger partial charge in [0.2, 0.25) is 0 Å². The zero-order chi connectivity index (χ0) is 17.6. The second kappa shape index (κ2) is 5.86. The minimum Gasteiger partial charge on any atom is -0.444 e. The standard InChI is InChI=1S/C19H24N4O2/c1-19(2,3)25-18(24)23-14-6-4-7-15(23)11-13(10-14)16-12-21-22-9-5-8-20-17(16)22/h5,8-10,12,14-15H,4,6-7,11H2,1-3H3. The maximum absolute atomic E-state index is 12.7. The van der Waals surface area contributed by atoms with Gasteiger partial charge in [-0.15, -0.1) is 0 Å². The van der Waals surface area contributed by atoms with E-state index in [2.05, 4.69) is 16.2 Å². The van der Waals surface area contributed by atoms with E-state index in [4.69, 9.17) is 4.74 Å². The van der Waals surface area contributed by atoms with E-state index in [1.165, 1.54) is 5.57 Å². The highest BCUT2D eigenvalue weighted by atomic mass is 16.6. The maximum Gasteiger partial charge on any atom is 0.411 e. The third-order valence-electron chi connectivity index (χ3n) is 4.87. The van der Waals surface area contributed by atoms with Crippen LogP contribution in [0.2, 0.25) is 0 Å². The van der Waals surface area contributed by atoms with Gasteiger partial charge >= 0.3 is 6.09 Å². The minimum absolute atomic E-state index is 0.0935. The highest BCUT2D eigenvalue weighted by Gasteiger charge is 2.39. The smallest absolute Gasteiger partial charge is 0.411 e. The van der Waals surface area contributed by atoms with Gasteiger partial charge in [0, 0.05) is 24.0 Å². The lowest BCUT2D eigenvalue weighted by atomic mass is 9.83. The normalized spacial score (nSPS) is 23.5. The quantitative estimate of drug-likeness (QED) is 0.794. The molecule has 1 fully saturated rings. The predicted octanol–water partition coefficient (Wildman–Crippen LogP) is 3.67. The summed E-state index contributed by atoms with van der Waals surface area (Å²) < 4.78 is 7.44. The molecule has 2 aliphatic rings. The highest BCUT2D eigenvalue weighted by Crippen LogP contribution is 2.38. The van der Waals surface area contributed by atoms with Crippen LogP contribution in [0.25, 0.3) is 11.2 Å². The molecule has 4 rings (SSSR count). The van der Waals surface area contributed by atoms with Gasteiger partial charge in [0.05, 0.1) is 12.2 Å². The van der Waals surface area contributed by atoms with E-state index in [0.717, 1.165) is 36.9 Å². The Kier molecular flexibility index (Phi) is 3.78. The Labute approximate surface area is 147 Å². The lowest BCUT2D eigenvalue weighted by molar-refractivity contribution is 0.0000932. The molecule has 0 aliphatic carbocycles. The van der Waals surface area contributed by atoms with Crippen LogP contribution in [-0.2, 0) is 4.74 Å². The van der Waals surface area contributed by atoms with E-state index in [0.29, 0.717) is 0 Å². The first-order valence-electron chi connectivity index (χ1n) is 8.93. The lowest BCUT2D eigenvalue weighted by Gasteiger charge is -2.45. The molecule has 0 spiro atoms. The molecule has 2 bridgehead atoms. The lowest BCUT2D eigenvalue weighted by Crippen LogP contribution is -2.53. The number of ether oxygens (including phenoxy) is 1. The Morgan fingerprint density at radius 1 is 1.32 bits per heavy atom. The van der Waals surface area contributed by atoms with Crippen molar-refractivity contribution in [3.63, 3.8) is 0 Å². The molecule has 6 heteroatoms. The number of carbonyl (C=O) groups excluding carboxylic acids is 1. The maximum atomic E-state index is 12.7. The molecule has 25 heavy (non-hydrogen) atoms. The van der Waals surface area contributed by atoms with E-state index >= 15 is 0 Å². The summed E-state index contributed by atoms with van der Waals surface area (Å²) in [5.74, 6) is 0. The van der Waals surface area contributed by atoms with Crippen molar-refractivity contribution in [1.29, 1.82) is 0 Å². The fourth-order valence-corrected chi connectivity index (χ4v) is 3.88. The third-order valence-corrected chi connectivity index (χ3v) is 4.87. The van der Waals surface area contributed by atoms with Gasteiger partial charge < -0.3 is 4.74 Å². The van der Waals surface area contributed by atoms with Crippen molar-refractivity contribution < 1.29 is 9.53 Å². The third kappa shape index (κ3) is 3.01. The molecule has 2 aliphatic heterocycles. The molecule has 1 saturated heterocycles. The topological polar surface area (TPSA) is 59.7 Å². The summed E-state index contributed by atoms with van der Waals surface area (Å²) in [5, 5.41) is 4.40. The van der Waals surface area contributed by atoms with E-state index in [1.54, 1.807) is 10.7 Å². The molecule has 2 aromatic heterocycles. The van der Waals surface area contributed by atoms with Gasteiger partial charge in [-0.25, -0.2) is 14.3 Å². The molecular formula is C19H24N4O2. The number of aromatic nitrogens is 3. The van der Waals surface area contributed by atoms with Crippen LogP contribution in [0, 0.1) is 0 Å². The summed E-state index contributed by atoms with van der Waals surface area (Å²) in [5.41, 5.74) is 2.71. The summed E-state index contributed by atoms with van der Waals surface area (Å²) in [6, 6.07) is 2.15. The van der Waals surface area contributed by atoms with Gasteiger partial charge in [0.25, 0.3) is 0 Å². The molecule has 0 radical (unpaired) electrons. The number of hydrogen-bond donors (Lipinski definition) is 0. The van der Waals surface area contributed by atoms with Gasteiger partial charge in [0.1, 0.15) is 5.60 Å². The van der Waals surface area contributed by atoms with Crippen LogP contribution < -0.4 is 0 Å². The van der Waals surface area contributed by atoms with Crippen LogP contribution >= 0.6 is 0 Å². The second-order valence-corrected chi connectivity index (χ2v) is 7.88. The molecule has 2 aromatic rings. The molecule has 0 aromatic carbocycles. The van der Waals surface area contributed by atoms with Crippen LogP contribution in [0.4, 0.5) is 4.79 Å². The summed E-state index contributed by atoms with van der Waals surface area (Å²) in [6.07, 6.45) is 11.6. The van der Waals surface area contributed by atoms with Gasteiger partial charge in [-0.3, -0.25) is 4.90 Å². The number of hydrogen-bond acceptors (Lipinski definition) is 4. The van der Waals surface area contributed by atoms with E-state index in [-0.39, 0.29) is 18.2 Å². The van der Waals surface area contributed by atoms with Crippen molar-refractivity contribution in [1.82, 2.24) is 19.5 Å². The zero-order valence-electron chi connectivity index (χ0n) is 15.0. The first-order valence-corrected chi connectivity index (χ1v) is 8.93. The summed E-state index contributed by atoms with van der Waals surface area (Å²) >= 11 is 0. The van der Waals surface area contributed by atoms with E-state index in [9.17, 15) is 4.79 Å². The van der Waals surface area contributed by atoms with Crippen LogP contribution in [0.15, 0.2) is 30.7 Å². The Hall–Kier alpha value is -2.37. The molecule has 2 atom stereocenters. The SMILES string of the molecule is CC(C)(C)OC(=O)N1C2C=C(c3cnn4cccnc34)CC1CCC2. The minimum atomic E-state index is -0.471. The number of rotatable bonds is 1. The van der Waals surface area contributed by atoms with Crippen molar-refractivity contribution in [2.75, 3.05) is 0 Å². The molecular weight excluding hydrogens is 316 g/mol. The monoisotopic (exact) mass is 340 g/mol. The molecule has 0 N–H and O–H groups in total. The summed E-state index contributed by atoms with van der Waals surface area (Å²) in [4.78, 5) is 19.1. The van der Waals surface area contributed by atoms with Crippen molar-refractivity contribution in [2.24, 2.45) is 0 Å². The average molecular weight is 340 g/mol. The van der Waals surface area contributed by atoms with Gasteiger partial charge in [-0.2, -0.15) is 5.10 Å². The second-order valence-electron chi connectivity index (χ2n) is 7.88. The molecule has 132 valence electrons. The first-order chi connectivity index (χ1) is 11.9. The summed E-state index contributed by atoms with van der Waals surface area (Å²) in [7, 11) is 0. The Morgan fingerprint density at radius 2 is 2.16 bits per heavy atom. The zero-order valence-corrected chi connectivity index (χ0v) is 15.0. The number of piperidine rings is 1. The molecule has 1 amide bonds. The van der Waals surface area contributed by atoms with Crippen molar-refractivity contribution >= 4 is 17.3 Å². The largest absolute Gasteiger partial charge is 0.444 e. The first kappa shape index (κ1) is 16.1. The highest BCUT2D eigenvalue weighted by molar-refractivity contribution is 5.79.